The Balaban J connectivity index is 1.32. The van der Waals surface area contributed by atoms with Gasteiger partial charge < -0.3 is 25.0 Å². The monoisotopic (exact) mass is 577 g/mol. The summed E-state index contributed by atoms with van der Waals surface area (Å²) < 4.78 is 12.9. The second kappa shape index (κ2) is 16.3. The standard InChI is InChI=1S/C33H39NO6S/c35-22-25-14-16-26(17-15-25)30-20-28(23-41-29-8-4-3-5-9-29)39-33(40-30)27-18-12-24(13-19-27)21-34-31(36)10-6-1-2-7-11-32(37)38/h3-5,8-9,12-19,28,30,33,35H,1-2,6-7,10-11,20-23H2,(H,34,36)(H,37,38)/t28-,30+,33+/m1/s1. The van der Waals surface area contributed by atoms with Crippen molar-refractivity contribution in [1.82, 2.24) is 5.32 Å². The smallest absolute Gasteiger partial charge is 0.303 e. The Morgan fingerprint density at radius 3 is 2.15 bits per heavy atom. The molecular formula is C33H39NO6S. The summed E-state index contributed by atoms with van der Waals surface area (Å²) in [5.74, 6) is 0.0318. The molecule has 7 nitrogen and oxygen atoms in total. The zero-order valence-corrected chi connectivity index (χ0v) is 24.1. The van der Waals surface area contributed by atoms with E-state index in [1.54, 1.807) is 11.8 Å². The summed E-state index contributed by atoms with van der Waals surface area (Å²) in [7, 11) is 0. The largest absolute Gasteiger partial charge is 0.481 e. The molecule has 1 aliphatic rings. The molecule has 0 spiro atoms. The normalized spacial score (nSPS) is 18.6. The van der Waals surface area contributed by atoms with Crippen LogP contribution in [0.3, 0.4) is 0 Å². The Bertz CT molecular complexity index is 1220. The van der Waals surface area contributed by atoms with Crippen molar-refractivity contribution in [3.63, 3.8) is 0 Å². The van der Waals surface area contributed by atoms with Crippen molar-refractivity contribution < 1.29 is 29.3 Å². The maximum atomic E-state index is 12.2. The lowest BCUT2D eigenvalue weighted by Gasteiger charge is -2.36. The summed E-state index contributed by atoms with van der Waals surface area (Å²) in [5, 5.41) is 21.1. The van der Waals surface area contributed by atoms with Crippen LogP contribution in [0.25, 0.3) is 0 Å². The number of benzene rings is 3. The highest BCUT2D eigenvalue weighted by Gasteiger charge is 2.32. The van der Waals surface area contributed by atoms with Crippen LogP contribution in [-0.2, 0) is 32.2 Å². The van der Waals surface area contributed by atoms with Gasteiger partial charge in [0, 0.05) is 42.0 Å². The molecule has 218 valence electrons. The molecule has 0 saturated carbocycles. The first-order chi connectivity index (χ1) is 20.0. The molecule has 4 rings (SSSR count). The molecule has 1 heterocycles. The average Bonchev–Trinajstić information content (AvgIpc) is 3.01. The van der Waals surface area contributed by atoms with Crippen LogP contribution in [0.1, 0.15) is 79.6 Å². The number of aliphatic carboxylic acids is 1. The Labute approximate surface area is 246 Å². The van der Waals surface area contributed by atoms with Crippen LogP contribution in [0.5, 0.6) is 0 Å². The maximum Gasteiger partial charge on any atom is 0.303 e. The molecule has 3 atom stereocenters. The van der Waals surface area contributed by atoms with E-state index in [-0.39, 0.29) is 31.1 Å². The number of hydrogen-bond acceptors (Lipinski definition) is 6. The van der Waals surface area contributed by atoms with Crippen molar-refractivity contribution in [2.24, 2.45) is 0 Å². The van der Waals surface area contributed by atoms with E-state index in [1.165, 1.54) is 4.90 Å². The zero-order chi connectivity index (χ0) is 28.9. The van der Waals surface area contributed by atoms with Gasteiger partial charge in [0.1, 0.15) is 0 Å². The summed E-state index contributed by atoms with van der Waals surface area (Å²) in [5.41, 5.74) is 3.85. The molecule has 0 bridgehead atoms. The summed E-state index contributed by atoms with van der Waals surface area (Å²) in [6.07, 6.45) is 3.80. The number of nitrogens with one attached hydrogen (secondary N) is 1. The molecule has 1 fully saturated rings. The highest BCUT2D eigenvalue weighted by molar-refractivity contribution is 7.99. The minimum atomic E-state index is -0.773. The van der Waals surface area contributed by atoms with Crippen LogP contribution in [0.4, 0.5) is 0 Å². The SMILES string of the molecule is O=C(O)CCCCCCC(=O)NCc1ccc([C@H]2O[C@@H](CSc3ccccc3)C[C@@H](c3ccc(CO)cc3)O2)cc1. The number of carbonyl (C=O) groups is 2. The van der Waals surface area contributed by atoms with Crippen molar-refractivity contribution in [3.8, 4) is 0 Å². The second-order valence-corrected chi connectivity index (χ2v) is 11.4. The van der Waals surface area contributed by atoms with Gasteiger partial charge in [0.25, 0.3) is 0 Å². The number of rotatable bonds is 15. The van der Waals surface area contributed by atoms with Gasteiger partial charge in [-0.2, -0.15) is 0 Å². The minimum absolute atomic E-state index is 0.0000690. The molecule has 8 heteroatoms. The van der Waals surface area contributed by atoms with Gasteiger partial charge in [-0.05, 0) is 41.7 Å². The molecule has 0 aliphatic carbocycles. The van der Waals surface area contributed by atoms with Gasteiger partial charge in [-0.15, -0.1) is 11.8 Å². The summed E-state index contributed by atoms with van der Waals surface area (Å²) in [6.45, 7) is 0.454. The fourth-order valence-electron chi connectivity index (χ4n) is 4.73. The van der Waals surface area contributed by atoms with E-state index in [1.807, 2.05) is 66.7 Å². The van der Waals surface area contributed by atoms with E-state index >= 15 is 0 Å². The molecule has 3 aromatic carbocycles. The quantitative estimate of drug-likeness (QED) is 0.139. The van der Waals surface area contributed by atoms with Crippen LogP contribution in [0.2, 0.25) is 0 Å². The number of carboxylic acids is 1. The minimum Gasteiger partial charge on any atom is -0.481 e. The summed E-state index contributed by atoms with van der Waals surface area (Å²) >= 11 is 1.77. The predicted molar refractivity (Wildman–Crippen MR) is 159 cm³/mol. The van der Waals surface area contributed by atoms with Gasteiger partial charge in [-0.25, -0.2) is 0 Å². The first-order valence-corrected chi connectivity index (χ1v) is 15.2. The van der Waals surface area contributed by atoms with Crippen LogP contribution >= 0.6 is 11.8 Å². The highest BCUT2D eigenvalue weighted by atomic mass is 32.2. The number of aliphatic hydroxyl groups excluding tert-OH is 1. The second-order valence-electron chi connectivity index (χ2n) is 10.3. The number of carbonyl (C=O) groups excluding carboxylic acids is 1. The predicted octanol–water partition coefficient (Wildman–Crippen LogP) is 6.56. The molecule has 3 N–H and O–H groups in total. The van der Waals surface area contributed by atoms with Crippen molar-refractivity contribution >= 4 is 23.6 Å². The average molecular weight is 578 g/mol. The lowest BCUT2D eigenvalue weighted by molar-refractivity contribution is -0.245. The molecule has 0 radical (unpaired) electrons. The van der Waals surface area contributed by atoms with Crippen molar-refractivity contribution in [1.29, 1.82) is 0 Å². The van der Waals surface area contributed by atoms with Gasteiger partial charge in [-0.3, -0.25) is 9.59 Å². The lowest BCUT2D eigenvalue weighted by Crippen LogP contribution is -2.31. The van der Waals surface area contributed by atoms with Crippen molar-refractivity contribution in [3.05, 3.63) is 101 Å². The number of carboxylic acid groups (broad SMARTS) is 1. The lowest BCUT2D eigenvalue weighted by atomic mass is 10.0. The first-order valence-electron chi connectivity index (χ1n) is 14.3. The molecule has 0 unspecified atom stereocenters. The molecular weight excluding hydrogens is 538 g/mol. The molecule has 1 amide bonds. The molecule has 41 heavy (non-hydrogen) atoms. The number of amides is 1. The number of aliphatic hydroxyl groups is 1. The van der Waals surface area contributed by atoms with Gasteiger partial charge in [-0.1, -0.05) is 79.6 Å². The van der Waals surface area contributed by atoms with Crippen LogP contribution in [0.15, 0.2) is 83.8 Å². The number of unbranched alkanes of at least 4 members (excludes halogenated alkanes) is 3. The Morgan fingerprint density at radius 1 is 0.805 bits per heavy atom. The third-order valence-corrected chi connectivity index (χ3v) is 8.22. The molecule has 1 aliphatic heterocycles. The van der Waals surface area contributed by atoms with E-state index in [2.05, 4.69) is 17.4 Å². The Hall–Kier alpha value is -3.17. The molecule has 1 saturated heterocycles. The van der Waals surface area contributed by atoms with E-state index < -0.39 is 12.3 Å². The third kappa shape index (κ3) is 10.3. The first kappa shape index (κ1) is 30.8. The van der Waals surface area contributed by atoms with E-state index in [0.717, 1.165) is 53.7 Å². The summed E-state index contributed by atoms with van der Waals surface area (Å²) in [6, 6.07) is 26.2. The van der Waals surface area contributed by atoms with Crippen LogP contribution in [-0.4, -0.2) is 33.9 Å². The van der Waals surface area contributed by atoms with Gasteiger partial charge in [0.05, 0.1) is 18.8 Å². The highest BCUT2D eigenvalue weighted by Crippen LogP contribution is 2.39. The fourth-order valence-corrected chi connectivity index (χ4v) is 5.67. The van der Waals surface area contributed by atoms with E-state index in [0.29, 0.717) is 19.4 Å². The zero-order valence-electron chi connectivity index (χ0n) is 23.2. The number of thioether (sulfide) groups is 1. The van der Waals surface area contributed by atoms with Crippen LogP contribution < -0.4 is 5.32 Å². The number of ether oxygens (including phenoxy) is 2. The Morgan fingerprint density at radius 2 is 1.46 bits per heavy atom. The fraction of sp³-hybridized carbons (Fsp3) is 0.394. The molecule has 0 aromatic heterocycles. The van der Waals surface area contributed by atoms with Gasteiger partial charge in [0.2, 0.25) is 5.91 Å². The van der Waals surface area contributed by atoms with E-state index in [4.69, 9.17) is 14.6 Å². The molecule has 3 aromatic rings. The number of hydrogen-bond donors (Lipinski definition) is 3. The Kier molecular flexibility index (Phi) is 12.3. The van der Waals surface area contributed by atoms with Crippen LogP contribution in [0, 0.1) is 0 Å². The summed E-state index contributed by atoms with van der Waals surface area (Å²) in [4.78, 5) is 24.0. The third-order valence-electron chi connectivity index (χ3n) is 7.08. The van der Waals surface area contributed by atoms with Crippen molar-refractivity contribution in [2.45, 2.75) is 81.5 Å². The van der Waals surface area contributed by atoms with Gasteiger partial charge >= 0.3 is 5.97 Å². The maximum absolute atomic E-state index is 12.2. The van der Waals surface area contributed by atoms with E-state index in [9.17, 15) is 14.7 Å². The topological polar surface area (TPSA) is 105 Å². The van der Waals surface area contributed by atoms with Crippen molar-refractivity contribution in [2.75, 3.05) is 5.75 Å². The van der Waals surface area contributed by atoms with Gasteiger partial charge in [0.15, 0.2) is 6.29 Å².